The van der Waals surface area contributed by atoms with E-state index in [-0.39, 0.29) is 5.91 Å². The summed E-state index contributed by atoms with van der Waals surface area (Å²) in [6.45, 7) is 2.85. The van der Waals surface area contributed by atoms with Gasteiger partial charge in [-0.3, -0.25) is 14.5 Å². The first kappa shape index (κ1) is 22.6. The van der Waals surface area contributed by atoms with Gasteiger partial charge >= 0.3 is 0 Å². The number of amides is 1. The maximum absolute atomic E-state index is 12.8. The number of carbonyl (C=O) groups is 1. The highest BCUT2D eigenvalue weighted by Crippen LogP contribution is 2.26. The summed E-state index contributed by atoms with van der Waals surface area (Å²) in [6.07, 6.45) is 1.73. The minimum atomic E-state index is -0.227. The molecule has 5 aromatic rings. The second-order valence-corrected chi connectivity index (χ2v) is 8.66. The van der Waals surface area contributed by atoms with Crippen molar-refractivity contribution in [2.24, 2.45) is 0 Å². The first-order valence-electron chi connectivity index (χ1n) is 11.2. The van der Waals surface area contributed by atoms with Gasteiger partial charge in [-0.25, -0.2) is 0 Å². The van der Waals surface area contributed by atoms with Gasteiger partial charge in [-0.2, -0.15) is 5.10 Å². The highest BCUT2D eigenvalue weighted by Gasteiger charge is 2.13. The fourth-order valence-electron chi connectivity index (χ4n) is 3.85. The molecule has 0 aliphatic heterocycles. The monoisotopic (exact) mass is 482 g/mol. The molecular formula is C28H23ClN4O2. The van der Waals surface area contributed by atoms with E-state index in [2.05, 4.69) is 15.4 Å². The van der Waals surface area contributed by atoms with Crippen LogP contribution in [0.4, 0.5) is 5.82 Å². The summed E-state index contributed by atoms with van der Waals surface area (Å²) in [5, 5.41) is 9.02. The third kappa shape index (κ3) is 5.34. The molecule has 0 aliphatic rings. The predicted octanol–water partition coefficient (Wildman–Crippen LogP) is 6.27. The standard InChI is InChI=1S/C28H23ClN4O2/c1-19-14-27(31-28(34)22-9-11-25-21(15-22)8-5-13-30-25)32-33(19)17-23-16-24(29)10-12-26(23)35-18-20-6-3-2-4-7-20/h2-16H,17-18H2,1H3,(H,31,32,34). The molecule has 0 atom stereocenters. The van der Waals surface area contributed by atoms with E-state index < -0.39 is 0 Å². The van der Waals surface area contributed by atoms with Crippen LogP contribution in [-0.4, -0.2) is 20.7 Å². The quantitative estimate of drug-likeness (QED) is 0.296. The fourth-order valence-corrected chi connectivity index (χ4v) is 4.04. The molecule has 174 valence electrons. The molecule has 6 nitrogen and oxygen atoms in total. The molecule has 1 amide bonds. The minimum absolute atomic E-state index is 0.227. The number of hydrogen-bond donors (Lipinski definition) is 1. The van der Waals surface area contributed by atoms with Crippen LogP contribution in [0.1, 0.15) is 27.2 Å². The largest absolute Gasteiger partial charge is 0.489 e. The number of rotatable bonds is 7. The van der Waals surface area contributed by atoms with Crippen molar-refractivity contribution in [3.8, 4) is 5.75 Å². The number of halogens is 1. The van der Waals surface area contributed by atoms with Crippen LogP contribution in [0.2, 0.25) is 5.02 Å². The Balaban J connectivity index is 1.32. The van der Waals surface area contributed by atoms with Crippen LogP contribution in [0, 0.1) is 6.92 Å². The van der Waals surface area contributed by atoms with E-state index in [1.54, 1.807) is 12.3 Å². The number of nitrogens with zero attached hydrogens (tertiary/aromatic N) is 3. The van der Waals surface area contributed by atoms with Crippen LogP contribution in [0.25, 0.3) is 10.9 Å². The predicted molar refractivity (Wildman–Crippen MR) is 138 cm³/mol. The number of benzene rings is 3. The number of nitrogens with one attached hydrogen (secondary N) is 1. The molecule has 1 N–H and O–H groups in total. The van der Waals surface area contributed by atoms with E-state index in [1.165, 1.54) is 0 Å². The zero-order valence-electron chi connectivity index (χ0n) is 19.1. The highest BCUT2D eigenvalue weighted by atomic mass is 35.5. The van der Waals surface area contributed by atoms with Crippen molar-refractivity contribution >= 4 is 34.2 Å². The van der Waals surface area contributed by atoms with Crippen molar-refractivity contribution in [3.63, 3.8) is 0 Å². The van der Waals surface area contributed by atoms with Gasteiger partial charge in [0.1, 0.15) is 12.4 Å². The number of carbonyl (C=O) groups excluding carboxylic acids is 1. The number of fused-ring (bicyclic) bond motifs is 1. The molecule has 0 fully saturated rings. The van der Waals surface area contributed by atoms with Gasteiger partial charge in [-0.1, -0.05) is 48.0 Å². The van der Waals surface area contributed by atoms with Crippen LogP contribution in [0.15, 0.2) is 91.1 Å². The normalized spacial score (nSPS) is 10.9. The van der Waals surface area contributed by atoms with Crippen molar-refractivity contribution in [1.29, 1.82) is 0 Å². The molecule has 2 aromatic heterocycles. The van der Waals surface area contributed by atoms with Gasteiger partial charge < -0.3 is 10.1 Å². The Bertz CT molecular complexity index is 1500. The second-order valence-electron chi connectivity index (χ2n) is 8.22. The molecule has 0 radical (unpaired) electrons. The summed E-state index contributed by atoms with van der Waals surface area (Å²) >= 11 is 6.28. The third-order valence-corrected chi connectivity index (χ3v) is 5.90. The van der Waals surface area contributed by atoms with E-state index in [4.69, 9.17) is 16.3 Å². The number of hydrogen-bond acceptors (Lipinski definition) is 4. The molecule has 3 aromatic carbocycles. The summed E-state index contributed by atoms with van der Waals surface area (Å²) in [4.78, 5) is 17.1. The van der Waals surface area contributed by atoms with E-state index >= 15 is 0 Å². The van der Waals surface area contributed by atoms with Crippen molar-refractivity contribution in [1.82, 2.24) is 14.8 Å². The first-order valence-corrected chi connectivity index (χ1v) is 11.6. The van der Waals surface area contributed by atoms with Crippen molar-refractivity contribution < 1.29 is 9.53 Å². The molecule has 0 aliphatic carbocycles. The molecule has 0 saturated carbocycles. The highest BCUT2D eigenvalue weighted by molar-refractivity contribution is 6.30. The number of aryl methyl sites for hydroxylation is 1. The lowest BCUT2D eigenvalue weighted by Crippen LogP contribution is -2.13. The minimum Gasteiger partial charge on any atom is -0.489 e. The van der Waals surface area contributed by atoms with E-state index in [1.807, 2.05) is 90.5 Å². The van der Waals surface area contributed by atoms with E-state index in [0.717, 1.165) is 33.5 Å². The Labute approximate surface area is 208 Å². The van der Waals surface area contributed by atoms with E-state index in [0.29, 0.717) is 29.6 Å². The second kappa shape index (κ2) is 9.99. The maximum atomic E-state index is 12.8. The van der Waals surface area contributed by atoms with Crippen LogP contribution in [-0.2, 0) is 13.2 Å². The molecule has 0 saturated heterocycles. The zero-order valence-corrected chi connectivity index (χ0v) is 19.9. The first-order chi connectivity index (χ1) is 17.0. The average Bonchev–Trinajstić information content (AvgIpc) is 3.22. The van der Waals surface area contributed by atoms with Crippen LogP contribution >= 0.6 is 11.6 Å². The Kier molecular flexibility index (Phi) is 6.46. The summed E-state index contributed by atoms with van der Waals surface area (Å²) in [7, 11) is 0. The van der Waals surface area contributed by atoms with Gasteiger partial charge in [0, 0.05) is 39.5 Å². The third-order valence-electron chi connectivity index (χ3n) is 5.67. The van der Waals surface area contributed by atoms with Gasteiger partial charge in [0.15, 0.2) is 5.82 Å². The van der Waals surface area contributed by atoms with Gasteiger partial charge in [0.25, 0.3) is 5.91 Å². The molecule has 0 spiro atoms. The van der Waals surface area contributed by atoms with Crippen LogP contribution in [0.5, 0.6) is 5.75 Å². The number of pyridine rings is 1. The van der Waals surface area contributed by atoms with Crippen LogP contribution < -0.4 is 10.1 Å². The van der Waals surface area contributed by atoms with Crippen LogP contribution in [0.3, 0.4) is 0 Å². The van der Waals surface area contributed by atoms with Crippen molar-refractivity contribution in [2.75, 3.05) is 5.32 Å². The Morgan fingerprint density at radius 1 is 1.00 bits per heavy atom. The maximum Gasteiger partial charge on any atom is 0.256 e. The Morgan fingerprint density at radius 2 is 1.86 bits per heavy atom. The van der Waals surface area contributed by atoms with Gasteiger partial charge in [0.2, 0.25) is 0 Å². The zero-order chi connectivity index (χ0) is 24.2. The summed E-state index contributed by atoms with van der Waals surface area (Å²) in [5.41, 5.74) is 4.27. The lowest BCUT2D eigenvalue weighted by Gasteiger charge is -2.13. The number of aromatic nitrogens is 3. The lowest BCUT2D eigenvalue weighted by molar-refractivity contribution is 0.102. The summed E-state index contributed by atoms with van der Waals surface area (Å²) in [5.74, 6) is 0.992. The number of ether oxygens (including phenoxy) is 1. The SMILES string of the molecule is Cc1cc(NC(=O)c2ccc3ncccc3c2)nn1Cc1cc(Cl)ccc1OCc1ccccc1. The smallest absolute Gasteiger partial charge is 0.256 e. The van der Waals surface area contributed by atoms with Gasteiger partial charge in [0.05, 0.1) is 12.1 Å². The molecular weight excluding hydrogens is 460 g/mol. The molecule has 5 rings (SSSR count). The lowest BCUT2D eigenvalue weighted by atomic mass is 10.1. The summed E-state index contributed by atoms with van der Waals surface area (Å²) < 4.78 is 7.90. The molecule has 0 bridgehead atoms. The van der Waals surface area contributed by atoms with Crippen molar-refractivity contribution in [3.05, 3.63) is 119 Å². The average molecular weight is 483 g/mol. The molecule has 7 heteroatoms. The molecule has 0 unspecified atom stereocenters. The molecule has 2 heterocycles. The Morgan fingerprint density at radius 3 is 2.71 bits per heavy atom. The Hall–Kier alpha value is -4.16. The molecule has 35 heavy (non-hydrogen) atoms. The van der Waals surface area contributed by atoms with E-state index in [9.17, 15) is 4.79 Å². The van der Waals surface area contributed by atoms with Gasteiger partial charge in [-0.05, 0) is 55.0 Å². The van der Waals surface area contributed by atoms with Gasteiger partial charge in [-0.15, -0.1) is 0 Å². The summed E-state index contributed by atoms with van der Waals surface area (Å²) in [6, 6.07) is 26.6. The fraction of sp³-hybridized carbons (Fsp3) is 0.107. The number of anilines is 1. The topological polar surface area (TPSA) is 69.0 Å². The van der Waals surface area contributed by atoms with Crippen molar-refractivity contribution in [2.45, 2.75) is 20.1 Å².